The minimum absolute atomic E-state index is 0.163. The number of rotatable bonds is 6. The fourth-order valence-electron chi connectivity index (χ4n) is 3.84. The third-order valence-corrected chi connectivity index (χ3v) is 5.69. The fraction of sp³-hybridized carbons (Fsp3) is 0.565. The fourth-order valence-corrected chi connectivity index (χ4v) is 3.84. The van der Waals surface area contributed by atoms with E-state index in [0.29, 0.717) is 31.1 Å². The first kappa shape index (κ1) is 22.0. The van der Waals surface area contributed by atoms with Crippen LogP contribution in [0.15, 0.2) is 18.2 Å². The number of carbonyl (C=O) groups is 4. The number of fused-ring (bicyclic) bond motifs is 1. The number of likely N-dealkylation sites (tertiary alicyclic amines) is 1. The Bertz CT molecular complexity index is 840. The van der Waals surface area contributed by atoms with Gasteiger partial charge in [-0.05, 0) is 50.3 Å². The van der Waals surface area contributed by atoms with E-state index in [9.17, 15) is 19.2 Å². The molecule has 7 heteroatoms. The van der Waals surface area contributed by atoms with Gasteiger partial charge in [-0.1, -0.05) is 26.7 Å². The molecule has 0 aromatic heterocycles. The van der Waals surface area contributed by atoms with E-state index in [1.165, 1.54) is 23.1 Å². The van der Waals surface area contributed by atoms with Crippen molar-refractivity contribution in [1.29, 1.82) is 0 Å². The maximum Gasteiger partial charge on any atom is 0.338 e. The summed E-state index contributed by atoms with van der Waals surface area (Å²) >= 11 is 0. The molecule has 0 aliphatic carbocycles. The van der Waals surface area contributed by atoms with E-state index in [0.717, 1.165) is 32.1 Å². The van der Waals surface area contributed by atoms with Crippen molar-refractivity contribution in [2.24, 2.45) is 5.92 Å². The van der Waals surface area contributed by atoms with Crippen molar-refractivity contribution in [3.05, 3.63) is 34.9 Å². The third kappa shape index (κ3) is 4.71. The molecule has 3 rings (SSSR count). The zero-order valence-electron chi connectivity index (χ0n) is 18.0. The predicted molar refractivity (Wildman–Crippen MR) is 111 cm³/mol. The van der Waals surface area contributed by atoms with Gasteiger partial charge in [0.15, 0.2) is 6.10 Å². The summed E-state index contributed by atoms with van der Waals surface area (Å²) in [5, 5.41) is 0. The molecule has 0 bridgehead atoms. The number of nitrogens with zero attached hydrogens (tertiary/aromatic N) is 2. The van der Waals surface area contributed by atoms with Crippen molar-refractivity contribution in [2.45, 2.75) is 59.0 Å². The highest BCUT2D eigenvalue weighted by Crippen LogP contribution is 2.25. The van der Waals surface area contributed by atoms with Gasteiger partial charge >= 0.3 is 5.97 Å². The lowest BCUT2D eigenvalue weighted by atomic mass is 10.1. The van der Waals surface area contributed by atoms with Crippen molar-refractivity contribution < 1.29 is 23.9 Å². The summed E-state index contributed by atoms with van der Waals surface area (Å²) in [5.41, 5.74) is 0.676. The molecule has 1 fully saturated rings. The molecular formula is C23H30N2O5. The molecule has 3 amide bonds. The molecule has 7 nitrogen and oxygen atoms in total. The Balaban J connectivity index is 1.67. The number of hydrogen-bond donors (Lipinski definition) is 0. The van der Waals surface area contributed by atoms with Crippen LogP contribution >= 0.6 is 0 Å². The summed E-state index contributed by atoms with van der Waals surface area (Å²) < 4.78 is 5.38. The van der Waals surface area contributed by atoms with Crippen LogP contribution in [-0.4, -0.2) is 59.2 Å². The van der Waals surface area contributed by atoms with Gasteiger partial charge in [0.25, 0.3) is 17.7 Å². The highest BCUT2D eigenvalue weighted by Gasteiger charge is 2.36. The molecule has 0 unspecified atom stereocenters. The van der Waals surface area contributed by atoms with Crippen molar-refractivity contribution >= 4 is 23.7 Å². The maximum atomic E-state index is 12.7. The lowest BCUT2D eigenvalue weighted by Crippen LogP contribution is -2.40. The Morgan fingerprint density at radius 3 is 2.23 bits per heavy atom. The standard InChI is InChI=1S/C23H30N2O5/c1-15(2)10-13-25-21(27)18-9-8-17(14-19(18)22(25)28)23(29)30-16(3)20(26)24-11-6-4-5-7-12-24/h8-9,14-16H,4-7,10-13H2,1-3H3/t16-/m1/s1. The van der Waals surface area contributed by atoms with Gasteiger partial charge in [-0.3, -0.25) is 19.3 Å². The van der Waals surface area contributed by atoms with Crippen LogP contribution in [0, 0.1) is 5.92 Å². The first-order chi connectivity index (χ1) is 14.3. The first-order valence-corrected chi connectivity index (χ1v) is 10.8. The number of benzene rings is 1. The average molecular weight is 415 g/mol. The summed E-state index contributed by atoms with van der Waals surface area (Å²) in [6.45, 7) is 7.34. The zero-order valence-corrected chi connectivity index (χ0v) is 18.0. The molecular weight excluding hydrogens is 384 g/mol. The van der Waals surface area contributed by atoms with Gasteiger partial charge < -0.3 is 9.64 Å². The molecule has 0 spiro atoms. The zero-order chi connectivity index (χ0) is 21.8. The molecule has 0 radical (unpaired) electrons. The van der Waals surface area contributed by atoms with E-state index < -0.39 is 12.1 Å². The normalized spacial score (nSPS) is 17.7. The second kappa shape index (κ2) is 9.41. The Morgan fingerprint density at radius 1 is 0.967 bits per heavy atom. The molecule has 1 saturated heterocycles. The number of imide groups is 1. The molecule has 1 aromatic rings. The van der Waals surface area contributed by atoms with Crippen LogP contribution in [0.5, 0.6) is 0 Å². The Labute approximate surface area is 177 Å². The molecule has 0 N–H and O–H groups in total. The summed E-state index contributed by atoms with van der Waals surface area (Å²) in [4.78, 5) is 53.4. The third-order valence-electron chi connectivity index (χ3n) is 5.69. The van der Waals surface area contributed by atoms with Crippen molar-refractivity contribution in [3.63, 3.8) is 0 Å². The van der Waals surface area contributed by atoms with Crippen LogP contribution in [0.1, 0.15) is 83.9 Å². The highest BCUT2D eigenvalue weighted by molar-refractivity contribution is 6.22. The van der Waals surface area contributed by atoms with E-state index in [4.69, 9.17) is 4.74 Å². The number of hydrogen-bond acceptors (Lipinski definition) is 5. The monoisotopic (exact) mass is 414 g/mol. The van der Waals surface area contributed by atoms with E-state index in [1.54, 1.807) is 11.8 Å². The van der Waals surface area contributed by atoms with E-state index >= 15 is 0 Å². The van der Waals surface area contributed by atoms with Crippen molar-refractivity contribution in [2.75, 3.05) is 19.6 Å². The number of amides is 3. The molecule has 2 aliphatic rings. The smallest absolute Gasteiger partial charge is 0.338 e. The largest absolute Gasteiger partial charge is 0.449 e. The van der Waals surface area contributed by atoms with Crippen LogP contribution in [-0.2, 0) is 9.53 Å². The van der Waals surface area contributed by atoms with Crippen LogP contribution in [0.25, 0.3) is 0 Å². The van der Waals surface area contributed by atoms with Gasteiger partial charge in [-0.25, -0.2) is 4.79 Å². The van der Waals surface area contributed by atoms with Crippen LogP contribution in [0.2, 0.25) is 0 Å². The molecule has 2 heterocycles. The van der Waals surface area contributed by atoms with Gasteiger partial charge in [0, 0.05) is 19.6 Å². The van der Waals surface area contributed by atoms with Gasteiger partial charge in [-0.2, -0.15) is 0 Å². The predicted octanol–water partition coefficient (Wildman–Crippen LogP) is 3.28. The van der Waals surface area contributed by atoms with Gasteiger partial charge in [0.05, 0.1) is 16.7 Å². The van der Waals surface area contributed by atoms with Gasteiger partial charge in [0.2, 0.25) is 0 Å². The summed E-state index contributed by atoms with van der Waals surface area (Å²) in [5.74, 6) is -1.23. The van der Waals surface area contributed by atoms with Gasteiger partial charge in [-0.15, -0.1) is 0 Å². The van der Waals surface area contributed by atoms with Crippen LogP contribution in [0.3, 0.4) is 0 Å². The highest BCUT2D eigenvalue weighted by atomic mass is 16.5. The molecule has 0 saturated carbocycles. The molecule has 162 valence electrons. The summed E-state index contributed by atoms with van der Waals surface area (Å²) in [6, 6.07) is 4.36. The summed E-state index contributed by atoms with van der Waals surface area (Å²) in [7, 11) is 0. The average Bonchev–Trinajstić information content (AvgIpc) is 2.90. The Kier molecular flexibility index (Phi) is 6.90. The van der Waals surface area contributed by atoms with Gasteiger partial charge in [0.1, 0.15) is 0 Å². The van der Waals surface area contributed by atoms with Crippen LogP contribution in [0.4, 0.5) is 0 Å². The number of carbonyl (C=O) groups excluding carboxylic acids is 4. The summed E-state index contributed by atoms with van der Waals surface area (Å²) in [6.07, 6.45) is 3.95. The topological polar surface area (TPSA) is 84.0 Å². The Hall–Kier alpha value is -2.70. The second-order valence-corrected chi connectivity index (χ2v) is 8.49. The number of ether oxygens (including phenoxy) is 1. The van der Waals surface area contributed by atoms with E-state index in [-0.39, 0.29) is 28.8 Å². The van der Waals surface area contributed by atoms with Crippen molar-refractivity contribution in [1.82, 2.24) is 9.80 Å². The SMILES string of the molecule is CC(C)CCN1C(=O)c2ccc(C(=O)O[C@H](C)C(=O)N3CCCCCC3)cc2C1=O. The lowest BCUT2D eigenvalue weighted by Gasteiger charge is -2.24. The quantitative estimate of drug-likeness (QED) is 0.527. The minimum atomic E-state index is -0.899. The maximum absolute atomic E-state index is 12.7. The molecule has 2 aliphatic heterocycles. The molecule has 1 atom stereocenters. The van der Waals surface area contributed by atoms with E-state index in [1.807, 2.05) is 13.8 Å². The number of esters is 1. The second-order valence-electron chi connectivity index (χ2n) is 8.49. The van der Waals surface area contributed by atoms with Crippen molar-refractivity contribution in [3.8, 4) is 0 Å². The minimum Gasteiger partial charge on any atom is -0.449 e. The molecule has 1 aromatic carbocycles. The molecule has 30 heavy (non-hydrogen) atoms. The van der Waals surface area contributed by atoms with Crippen LogP contribution < -0.4 is 0 Å². The van der Waals surface area contributed by atoms with E-state index in [2.05, 4.69) is 0 Å². The Morgan fingerprint density at radius 2 is 1.60 bits per heavy atom. The first-order valence-electron chi connectivity index (χ1n) is 10.8. The lowest BCUT2D eigenvalue weighted by molar-refractivity contribution is -0.139.